The molecule has 4 aromatic heterocycles. The topological polar surface area (TPSA) is 44.4 Å². The maximum absolute atomic E-state index is 7.04. The molecule has 13 aromatic rings. The van der Waals surface area contributed by atoms with Crippen molar-refractivity contribution in [2.24, 2.45) is 0 Å². The van der Waals surface area contributed by atoms with Crippen molar-refractivity contribution in [3.8, 4) is 61.7 Å². The van der Waals surface area contributed by atoms with Crippen LogP contribution in [0.2, 0.25) is 0 Å². The molecular weight excluding hydrogens is 759 g/mol. The van der Waals surface area contributed by atoms with Crippen LogP contribution in [0.3, 0.4) is 0 Å². The first-order valence-corrected chi connectivity index (χ1v) is 21.0. The van der Waals surface area contributed by atoms with Gasteiger partial charge in [0, 0.05) is 60.3 Å². The van der Waals surface area contributed by atoms with Gasteiger partial charge in [-0.15, -0.1) is 0 Å². The molecule has 9 aromatic carbocycles. The molecular formula is C58H35NO3. The summed E-state index contributed by atoms with van der Waals surface area (Å²) in [7, 11) is 0. The fraction of sp³-hybridized carbons (Fsp3) is 0. The van der Waals surface area contributed by atoms with Crippen molar-refractivity contribution >= 4 is 65.7 Å². The maximum Gasteiger partial charge on any atom is 0.143 e. The third-order valence-electron chi connectivity index (χ3n) is 12.4. The summed E-state index contributed by atoms with van der Waals surface area (Å²) in [6, 6.07) is 74.8. The molecule has 13 rings (SSSR count). The molecule has 0 atom stereocenters. The standard InChI is InChI=1S/C58H35NO3/c1-4-15-36(16-5-1)39-27-29-50-45(32-39)43-23-10-12-25-49(43)59(50)42-22-14-21-40(31-42)56-48-35-53-47(34-54(48)61-57(56)38-19-8-3-9-20-38)55(37-17-6-2-7-18-37)58(62-53)41-28-30-52-46(33-41)44-24-11-13-26-51(44)60-52/h1-35H. The Balaban J connectivity index is 1.03. The predicted octanol–water partition coefficient (Wildman–Crippen LogP) is 16.5. The highest BCUT2D eigenvalue weighted by Crippen LogP contribution is 2.48. The van der Waals surface area contributed by atoms with Gasteiger partial charge in [0.15, 0.2) is 0 Å². The van der Waals surface area contributed by atoms with E-state index >= 15 is 0 Å². The number of rotatable bonds is 6. The molecule has 4 heterocycles. The Hall–Kier alpha value is -8.34. The summed E-state index contributed by atoms with van der Waals surface area (Å²) in [6.45, 7) is 0. The Morgan fingerprint density at radius 1 is 0.258 bits per heavy atom. The van der Waals surface area contributed by atoms with E-state index in [9.17, 15) is 0 Å². The van der Waals surface area contributed by atoms with Crippen LogP contribution in [-0.4, -0.2) is 4.57 Å². The minimum absolute atomic E-state index is 0.790. The second-order valence-corrected chi connectivity index (χ2v) is 16.0. The zero-order valence-electron chi connectivity index (χ0n) is 33.4. The zero-order valence-corrected chi connectivity index (χ0v) is 33.4. The third-order valence-corrected chi connectivity index (χ3v) is 12.4. The summed E-state index contributed by atoms with van der Waals surface area (Å²) >= 11 is 0. The van der Waals surface area contributed by atoms with Crippen LogP contribution in [0.15, 0.2) is 226 Å². The number of fused-ring (bicyclic) bond motifs is 8. The first-order chi connectivity index (χ1) is 30.7. The van der Waals surface area contributed by atoms with Crippen molar-refractivity contribution < 1.29 is 13.3 Å². The molecule has 62 heavy (non-hydrogen) atoms. The van der Waals surface area contributed by atoms with Crippen LogP contribution in [0.1, 0.15) is 0 Å². The normalized spacial score (nSPS) is 11.9. The van der Waals surface area contributed by atoms with Gasteiger partial charge in [-0.05, 0) is 89.0 Å². The molecule has 0 radical (unpaired) electrons. The molecule has 0 saturated heterocycles. The highest BCUT2D eigenvalue weighted by atomic mass is 16.3. The smallest absolute Gasteiger partial charge is 0.143 e. The summed E-state index contributed by atoms with van der Waals surface area (Å²) in [5, 5.41) is 6.55. The molecule has 0 unspecified atom stereocenters. The molecule has 290 valence electrons. The van der Waals surface area contributed by atoms with E-state index in [0.29, 0.717) is 0 Å². The molecule has 0 N–H and O–H groups in total. The van der Waals surface area contributed by atoms with Crippen molar-refractivity contribution in [1.29, 1.82) is 0 Å². The second kappa shape index (κ2) is 13.6. The quantitative estimate of drug-likeness (QED) is 0.168. The van der Waals surface area contributed by atoms with Gasteiger partial charge >= 0.3 is 0 Å². The van der Waals surface area contributed by atoms with Gasteiger partial charge in [0.05, 0.1) is 11.0 Å². The van der Waals surface area contributed by atoms with E-state index < -0.39 is 0 Å². The van der Waals surface area contributed by atoms with Crippen molar-refractivity contribution in [2.75, 3.05) is 0 Å². The van der Waals surface area contributed by atoms with Crippen LogP contribution in [0, 0.1) is 0 Å². The van der Waals surface area contributed by atoms with Crippen LogP contribution in [0.4, 0.5) is 0 Å². The largest absolute Gasteiger partial charge is 0.456 e. The Labute approximate surface area is 356 Å². The Kier molecular flexibility index (Phi) is 7.57. The van der Waals surface area contributed by atoms with E-state index in [0.717, 1.165) is 105 Å². The van der Waals surface area contributed by atoms with E-state index in [1.54, 1.807) is 0 Å². The predicted molar refractivity (Wildman–Crippen MR) is 255 cm³/mol. The molecule has 0 aliphatic heterocycles. The summed E-state index contributed by atoms with van der Waals surface area (Å²) in [5.41, 5.74) is 15.3. The second-order valence-electron chi connectivity index (χ2n) is 16.0. The SMILES string of the molecule is c1ccc(-c2ccc3c(c2)c2ccccc2n3-c2cccc(-c3c(-c4ccccc4)oc4cc5c(-c6ccccc6)c(-c6ccc7oc8ccccc8c7c6)oc5cc34)c2)cc1. The van der Waals surface area contributed by atoms with Crippen LogP contribution in [-0.2, 0) is 0 Å². The molecule has 0 aliphatic carbocycles. The lowest BCUT2D eigenvalue weighted by Gasteiger charge is -2.11. The summed E-state index contributed by atoms with van der Waals surface area (Å²) in [5.74, 6) is 1.62. The number of furan rings is 3. The molecule has 4 heteroatoms. The molecule has 0 bridgehead atoms. The number of para-hydroxylation sites is 2. The van der Waals surface area contributed by atoms with Crippen molar-refractivity contribution in [3.05, 3.63) is 212 Å². The fourth-order valence-corrected chi connectivity index (χ4v) is 9.59. The fourth-order valence-electron chi connectivity index (χ4n) is 9.59. The van der Waals surface area contributed by atoms with E-state index in [4.69, 9.17) is 13.3 Å². The first-order valence-electron chi connectivity index (χ1n) is 21.0. The monoisotopic (exact) mass is 793 g/mol. The average Bonchev–Trinajstić information content (AvgIpc) is 4.10. The van der Waals surface area contributed by atoms with Crippen molar-refractivity contribution in [1.82, 2.24) is 4.57 Å². The molecule has 4 nitrogen and oxygen atoms in total. The van der Waals surface area contributed by atoms with Crippen LogP contribution < -0.4 is 0 Å². The van der Waals surface area contributed by atoms with Crippen molar-refractivity contribution in [3.63, 3.8) is 0 Å². The lowest BCUT2D eigenvalue weighted by atomic mass is 9.95. The van der Waals surface area contributed by atoms with E-state index in [1.165, 1.54) is 21.9 Å². The highest BCUT2D eigenvalue weighted by molar-refractivity contribution is 6.14. The zero-order chi connectivity index (χ0) is 40.7. The minimum Gasteiger partial charge on any atom is -0.456 e. The van der Waals surface area contributed by atoms with Gasteiger partial charge in [-0.2, -0.15) is 0 Å². The number of hydrogen-bond acceptors (Lipinski definition) is 3. The third kappa shape index (κ3) is 5.33. The van der Waals surface area contributed by atoms with Crippen LogP contribution in [0.5, 0.6) is 0 Å². The molecule has 0 aliphatic rings. The lowest BCUT2D eigenvalue weighted by molar-refractivity contribution is 0.628. The summed E-state index contributed by atoms with van der Waals surface area (Å²) in [4.78, 5) is 0. The number of aromatic nitrogens is 1. The van der Waals surface area contributed by atoms with Gasteiger partial charge in [-0.25, -0.2) is 0 Å². The Morgan fingerprint density at radius 2 is 0.806 bits per heavy atom. The van der Waals surface area contributed by atoms with Crippen LogP contribution in [0.25, 0.3) is 127 Å². The van der Waals surface area contributed by atoms with Gasteiger partial charge in [-0.1, -0.05) is 146 Å². The van der Waals surface area contributed by atoms with E-state index in [1.807, 2.05) is 24.3 Å². The van der Waals surface area contributed by atoms with Crippen molar-refractivity contribution in [2.45, 2.75) is 0 Å². The molecule has 0 amide bonds. The van der Waals surface area contributed by atoms with Gasteiger partial charge in [0.25, 0.3) is 0 Å². The minimum atomic E-state index is 0.790. The Morgan fingerprint density at radius 3 is 1.56 bits per heavy atom. The van der Waals surface area contributed by atoms with Crippen LogP contribution >= 0.6 is 0 Å². The van der Waals surface area contributed by atoms with Gasteiger partial charge < -0.3 is 17.8 Å². The van der Waals surface area contributed by atoms with E-state index in [-0.39, 0.29) is 0 Å². The Bertz CT molecular complexity index is 3850. The number of nitrogens with zero attached hydrogens (tertiary/aromatic N) is 1. The maximum atomic E-state index is 7.04. The number of benzene rings is 9. The first kappa shape index (κ1) is 34.5. The highest BCUT2D eigenvalue weighted by Gasteiger charge is 2.25. The summed E-state index contributed by atoms with van der Waals surface area (Å²) < 4.78 is 22.6. The van der Waals surface area contributed by atoms with E-state index in [2.05, 4.69) is 193 Å². The lowest BCUT2D eigenvalue weighted by Crippen LogP contribution is -1.94. The molecule has 0 spiro atoms. The molecule has 0 saturated carbocycles. The average molecular weight is 794 g/mol. The summed E-state index contributed by atoms with van der Waals surface area (Å²) in [6.07, 6.45) is 0. The molecule has 0 fully saturated rings. The van der Waals surface area contributed by atoms with Gasteiger partial charge in [0.1, 0.15) is 33.9 Å². The number of hydrogen-bond donors (Lipinski definition) is 0. The van der Waals surface area contributed by atoms with Gasteiger partial charge in [0.2, 0.25) is 0 Å². The van der Waals surface area contributed by atoms with Gasteiger partial charge in [-0.3, -0.25) is 0 Å².